The van der Waals surface area contributed by atoms with Crippen LogP contribution in [0.2, 0.25) is 5.02 Å². The quantitative estimate of drug-likeness (QED) is 0.131. The predicted molar refractivity (Wildman–Crippen MR) is 147 cm³/mol. The first kappa shape index (κ1) is 29.2. The van der Waals surface area contributed by atoms with Gasteiger partial charge in [0.1, 0.15) is 11.9 Å². The molecule has 0 radical (unpaired) electrons. The van der Waals surface area contributed by atoms with Crippen LogP contribution in [-0.2, 0) is 6.18 Å². The molecule has 2 N–H and O–H groups in total. The molecule has 1 fully saturated rings. The molecule has 1 atom stereocenters. The van der Waals surface area contributed by atoms with Crippen molar-refractivity contribution in [3.8, 4) is 27.9 Å². The summed E-state index contributed by atoms with van der Waals surface area (Å²) in [6.07, 6.45) is 2.60. The van der Waals surface area contributed by atoms with Crippen molar-refractivity contribution in [1.29, 1.82) is 0 Å². The van der Waals surface area contributed by atoms with Crippen molar-refractivity contribution in [1.82, 2.24) is 24.8 Å². The molecule has 0 unspecified atom stereocenters. The standard InChI is InChI=1S/C29H21ClF5N7O2/c30-20-6-8-23(41-14-25(38-39-41)29(33,34)35)26(27(20)32)17-4-7-22(42(44)13-17)24(9-15-1-2-15)40-12-18(11-37-40)16-3-5-19(28(36)43)21(31)10-16/h3-8,10-15,24H,1-2,9H2,(H2,36,43)/t24-/m0/s1. The van der Waals surface area contributed by atoms with Crippen LogP contribution in [0.4, 0.5) is 22.0 Å². The van der Waals surface area contributed by atoms with Gasteiger partial charge >= 0.3 is 6.18 Å². The van der Waals surface area contributed by atoms with E-state index in [1.54, 1.807) is 10.9 Å². The number of aromatic nitrogens is 6. The topological polar surface area (TPSA) is 119 Å². The lowest BCUT2D eigenvalue weighted by Crippen LogP contribution is -2.35. The molecule has 6 rings (SSSR count). The van der Waals surface area contributed by atoms with Gasteiger partial charge in [0.2, 0.25) is 5.69 Å². The Morgan fingerprint density at radius 3 is 2.48 bits per heavy atom. The lowest BCUT2D eigenvalue weighted by atomic mass is 10.0. The van der Waals surface area contributed by atoms with Gasteiger partial charge in [0.05, 0.1) is 39.8 Å². The first-order valence-corrected chi connectivity index (χ1v) is 13.6. The highest BCUT2D eigenvalue weighted by atomic mass is 35.5. The fourth-order valence-electron chi connectivity index (χ4n) is 5.00. The lowest BCUT2D eigenvalue weighted by Gasteiger charge is -2.18. The summed E-state index contributed by atoms with van der Waals surface area (Å²) in [7, 11) is 0. The van der Waals surface area contributed by atoms with E-state index < -0.39 is 35.5 Å². The molecule has 3 heterocycles. The summed E-state index contributed by atoms with van der Waals surface area (Å²) in [4.78, 5) is 11.4. The van der Waals surface area contributed by atoms with E-state index in [4.69, 9.17) is 17.3 Å². The third-order valence-corrected chi connectivity index (χ3v) is 7.71. The number of nitrogens with two attached hydrogens (primary N) is 1. The molecule has 0 spiro atoms. The SMILES string of the molecule is NC(=O)c1ccc(-c2cnn([C@@H](CC3CC3)c3ccc(-c4c(-n5cc(C(F)(F)F)nn5)ccc(Cl)c4F)c[n+]3[O-])c2)cc1F. The molecule has 15 heteroatoms. The summed E-state index contributed by atoms with van der Waals surface area (Å²) in [5.74, 6) is -2.29. The van der Waals surface area contributed by atoms with Crippen LogP contribution in [0.3, 0.4) is 0 Å². The molecule has 1 amide bonds. The number of carbonyl (C=O) groups excluding carboxylic acids is 1. The zero-order valence-corrected chi connectivity index (χ0v) is 23.2. The maximum absolute atomic E-state index is 15.4. The summed E-state index contributed by atoms with van der Waals surface area (Å²) in [6, 6.07) is 8.83. The van der Waals surface area contributed by atoms with Gasteiger partial charge in [-0.3, -0.25) is 9.48 Å². The number of rotatable bonds is 8. The molecule has 2 aromatic carbocycles. The molecule has 1 aliphatic carbocycles. The molecule has 0 aliphatic heterocycles. The molecule has 1 aliphatic rings. The van der Waals surface area contributed by atoms with Crippen molar-refractivity contribution >= 4 is 17.5 Å². The van der Waals surface area contributed by atoms with Crippen LogP contribution in [0.1, 0.15) is 47.1 Å². The van der Waals surface area contributed by atoms with Gasteiger partial charge in [-0.05, 0) is 48.2 Å². The average molecular weight is 630 g/mol. The van der Waals surface area contributed by atoms with E-state index >= 15 is 4.39 Å². The second kappa shape index (κ2) is 11.0. The van der Waals surface area contributed by atoms with Gasteiger partial charge in [-0.2, -0.15) is 23.0 Å². The Bertz CT molecular complexity index is 1900. The van der Waals surface area contributed by atoms with E-state index in [0.29, 0.717) is 34.4 Å². The van der Waals surface area contributed by atoms with Gasteiger partial charge in [0, 0.05) is 17.8 Å². The van der Waals surface area contributed by atoms with Gasteiger partial charge < -0.3 is 10.9 Å². The number of nitrogens with zero attached hydrogens (tertiary/aromatic N) is 6. The number of benzene rings is 2. The molecule has 44 heavy (non-hydrogen) atoms. The fourth-order valence-corrected chi connectivity index (χ4v) is 5.16. The Kier molecular flexibility index (Phi) is 7.32. The summed E-state index contributed by atoms with van der Waals surface area (Å²) < 4.78 is 72.1. The third kappa shape index (κ3) is 5.60. The molecular weight excluding hydrogens is 609 g/mol. The van der Waals surface area contributed by atoms with Crippen molar-refractivity contribution < 1.29 is 31.5 Å². The highest BCUT2D eigenvalue weighted by Gasteiger charge is 2.35. The number of halogens is 6. The Morgan fingerprint density at radius 2 is 1.84 bits per heavy atom. The van der Waals surface area contributed by atoms with Crippen LogP contribution in [0.25, 0.3) is 27.9 Å². The highest BCUT2D eigenvalue weighted by Crippen LogP contribution is 2.40. The van der Waals surface area contributed by atoms with Gasteiger partial charge in [0.15, 0.2) is 17.7 Å². The number of carbonyl (C=O) groups is 1. The van der Waals surface area contributed by atoms with Crippen molar-refractivity contribution in [3.63, 3.8) is 0 Å². The van der Waals surface area contributed by atoms with Crippen molar-refractivity contribution in [3.05, 3.63) is 106 Å². The highest BCUT2D eigenvalue weighted by molar-refractivity contribution is 6.31. The Morgan fingerprint density at radius 1 is 1.09 bits per heavy atom. The molecular formula is C29H21ClF5N7O2. The van der Waals surface area contributed by atoms with Crippen LogP contribution in [-0.4, -0.2) is 30.7 Å². The molecule has 1 saturated carbocycles. The Balaban J connectivity index is 1.37. The first-order valence-electron chi connectivity index (χ1n) is 13.3. The Labute approximate surface area is 250 Å². The zero-order valence-electron chi connectivity index (χ0n) is 22.5. The fraction of sp³-hybridized carbons (Fsp3) is 0.207. The number of hydrogen-bond acceptors (Lipinski definition) is 5. The molecule has 0 saturated heterocycles. The zero-order chi connectivity index (χ0) is 31.3. The summed E-state index contributed by atoms with van der Waals surface area (Å²) >= 11 is 6.01. The summed E-state index contributed by atoms with van der Waals surface area (Å²) in [5, 5.41) is 24.2. The van der Waals surface area contributed by atoms with Crippen molar-refractivity contribution in [2.45, 2.75) is 31.5 Å². The molecule has 3 aromatic heterocycles. The predicted octanol–water partition coefficient (Wildman–Crippen LogP) is 5.87. The first-order chi connectivity index (χ1) is 20.9. The minimum absolute atomic E-state index is 0.0409. The van der Waals surface area contributed by atoms with Crippen LogP contribution in [0, 0.1) is 22.8 Å². The molecule has 226 valence electrons. The van der Waals surface area contributed by atoms with E-state index in [-0.39, 0.29) is 33.1 Å². The summed E-state index contributed by atoms with van der Waals surface area (Å²) in [5.41, 5.74) is 4.61. The Hall–Kier alpha value is -4.85. The van der Waals surface area contributed by atoms with Gasteiger partial charge in [-0.1, -0.05) is 35.7 Å². The normalized spacial score (nSPS) is 14.1. The minimum atomic E-state index is -4.77. The number of amides is 1. The second-order valence-corrected chi connectivity index (χ2v) is 10.8. The largest absolute Gasteiger partial charge is 0.618 e. The molecule has 5 aromatic rings. The van der Waals surface area contributed by atoms with E-state index in [2.05, 4.69) is 15.4 Å². The van der Waals surface area contributed by atoms with Crippen LogP contribution in [0.5, 0.6) is 0 Å². The number of pyridine rings is 1. The molecule has 9 nitrogen and oxygen atoms in total. The van der Waals surface area contributed by atoms with E-state index in [9.17, 15) is 27.6 Å². The monoisotopic (exact) mass is 629 g/mol. The smallest absolute Gasteiger partial charge is 0.436 e. The second-order valence-electron chi connectivity index (χ2n) is 10.4. The third-order valence-electron chi connectivity index (χ3n) is 7.42. The van der Waals surface area contributed by atoms with Gasteiger partial charge in [0.25, 0.3) is 5.91 Å². The van der Waals surface area contributed by atoms with E-state index in [1.807, 2.05) is 0 Å². The summed E-state index contributed by atoms with van der Waals surface area (Å²) in [6.45, 7) is 0. The molecule has 0 bridgehead atoms. The lowest BCUT2D eigenvalue weighted by molar-refractivity contribution is -0.615. The van der Waals surface area contributed by atoms with E-state index in [1.165, 1.54) is 48.7 Å². The number of hydrogen-bond donors (Lipinski definition) is 1. The minimum Gasteiger partial charge on any atom is -0.618 e. The average Bonchev–Trinajstić information content (AvgIpc) is 3.41. The van der Waals surface area contributed by atoms with Gasteiger partial charge in [-0.15, -0.1) is 5.10 Å². The van der Waals surface area contributed by atoms with Crippen molar-refractivity contribution in [2.75, 3.05) is 0 Å². The number of alkyl halides is 3. The van der Waals surface area contributed by atoms with Crippen LogP contribution < -0.4 is 10.5 Å². The van der Waals surface area contributed by atoms with Crippen LogP contribution >= 0.6 is 11.6 Å². The maximum Gasteiger partial charge on any atom is 0.436 e. The van der Waals surface area contributed by atoms with E-state index in [0.717, 1.165) is 23.7 Å². The van der Waals surface area contributed by atoms with Crippen LogP contribution in [0.15, 0.2) is 67.3 Å². The number of primary amides is 1. The maximum atomic E-state index is 15.4. The van der Waals surface area contributed by atoms with Gasteiger partial charge in [-0.25, -0.2) is 13.5 Å². The van der Waals surface area contributed by atoms with Crippen molar-refractivity contribution in [2.24, 2.45) is 11.7 Å².